The number of esters is 1. The van der Waals surface area contributed by atoms with Crippen molar-refractivity contribution in [2.45, 2.75) is 65.6 Å². The van der Waals surface area contributed by atoms with Crippen molar-refractivity contribution in [3.63, 3.8) is 0 Å². The molecule has 0 bridgehead atoms. The standard InChI is InChI=1S/C14H30N2O2/c1-8-16(12(4)5)10-9-14(6,13(17)18-7)15-11(2)3/h11-12,15H,8-10H2,1-7H3. The summed E-state index contributed by atoms with van der Waals surface area (Å²) in [7, 11) is 1.45. The SMILES string of the molecule is CCN(CCC(C)(NC(C)C)C(=O)OC)C(C)C. The second kappa shape index (κ2) is 7.74. The number of hydrogen-bond donors (Lipinski definition) is 1. The minimum absolute atomic E-state index is 0.184. The van der Waals surface area contributed by atoms with Gasteiger partial charge in [0.1, 0.15) is 5.54 Å². The van der Waals surface area contributed by atoms with Gasteiger partial charge >= 0.3 is 5.97 Å². The van der Waals surface area contributed by atoms with Crippen molar-refractivity contribution < 1.29 is 9.53 Å². The number of rotatable bonds is 8. The minimum Gasteiger partial charge on any atom is -0.468 e. The zero-order chi connectivity index (χ0) is 14.3. The molecule has 0 heterocycles. The fraction of sp³-hybridized carbons (Fsp3) is 0.929. The molecule has 0 aromatic heterocycles. The van der Waals surface area contributed by atoms with Gasteiger partial charge < -0.3 is 9.64 Å². The predicted molar refractivity (Wildman–Crippen MR) is 75.7 cm³/mol. The van der Waals surface area contributed by atoms with Crippen LogP contribution in [-0.2, 0) is 9.53 Å². The van der Waals surface area contributed by atoms with Gasteiger partial charge in [-0.25, -0.2) is 0 Å². The normalized spacial score (nSPS) is 15.2. The molecule has 0 saturated heterocycles. The third-order valence-corrected chi connectivity index (χ3v) is 3.28. The highest BCUT2D eigenvalue weighted by Gasteiger charge is 2.34. The van der Waals surface area contributed by atoms with Crippen LogP contribution in [0.1, 0.15) is 48.0 Å². The fourth-order valence-electron chi connectivity index (χ4n) is 2.24. The lowest BCUT2D eigenvalue weighted by Gasteiger charge is -2.33. The lowest BCUT2D eigenvalue weighted by Crippen LogP contribution is -2.54. The summed E-state index contributed by atoms with van der Waals surface area (Å²) in [6.07, 6.45) is 0.754. The molecule has 0 saturated carbocycles. The van der Waals surface area contributed by atoms with Crippen LogP contribution in [0.25, 0.3) is 0 Å². The lowest BCUT2D eigenvalue weighted by atomic mass is 9.96. The minimum atomic E-state index is -0.606. The first-order chi connectivity index (χ1) is 8.26. The number of methoxy groups -OCH3 is 1. The molecule has 0 radical (unpaired) electrons. The third kappa shape index (κ3) is 5.36. The van der Waals surface area contributed by atoms with Crippen molar-refractivity contribution in [1.82, 2.24) is 10.2 Å². The first-order valence-corrected chi connectivity index (χ1v) is 6.87. The van der Waals surface area contributed by atoms with Crippen LogP contribution in [0.2, 0.25) is 0 Å². The molecule has 0 rings (SSSR count). The Bertz CT molecular complexity index is 254. The van der Waals surface area contributed by atoms with Gasteiger partial charge in [-0.05, 0) is 47.6 Å². The monoisotopic (exact) mass is 258 g/mol. The van der Waals surface area contributed by atoms with Gasteiger partial charge in [0.2, 0.25) is 0 Å². The highest BCUT2D eigenvalue weighted by Crippen LogP contribution is 2.15. The molecule has 108 valence electrons. The van der Waals surface area contributed by atoms with Crippen LogP contribution < -0.4 is 5.32 Å². The van der Waals surface area contributed by atoms with E-state index in [-0.39, 0.29) is 12.0 Å². The molecule has 0 aromatic rings. The smallest absolute Gasteiger partial charge is 0.325 e. The van der Waals surface area contributed by atoms with Crippen molar-refractivity contribution in [2.24, 2.45) is 0 Å². The molecule has 0 amide bonds. The Kier molecular flexibility index (Phi) is 7.48. The molecular weight excluding hydrogens is 228 g/mol. The topological polar surface area (TPSA) is 41.6 Å². The van der Waals surface area contributed by atoms with Crippen molar-refractivity contribution in [3.8, 4) is 0 Å². The summed E-state index contributed by atoms with van der Waals surface area (Å²) >= 11 is 0. The number of nitrogens with one attached hydrogen (secondary N) is 1. The zero-order valence-electron chi connectivity index (χ0n) is 13.0. The summed E-state index contributed by atoms with van der Waals surface area (Å²) in [5, 5.41) is 3.32. The number of hydrogen-bond acceptors (Lipinski definition) is 4. The van der Waals surface area contributed by atoms with E-state index in [9.17, 15) is 4.79 Å². The lowest BCUT2D eigenvalue weighted by molar-refractivity contribution is -0.148. The molecule has 4 heteroatoms. The largest absolute Gasteiger partial charge is 0.468 e. The molecule has 4 nitrogen and oxygen atoms in total. The Hall–Kier alpha value is -0.610. The van der Waals surface area contributed by atoms with Crippen LogP contribution in [0.3, 0.4) is 0 Å². The van der Waals surface area contributed by atoms with E-state index in [2.05, 4.69) is 31.0 Å². The number of carbonyl (C=O) groups is 1. The van der Waals surface area contributed by atoms with Gasteiger partial charge in [-0.1, -0.05) is 6.92 Å². The van der Waals surface area contributed by atoms with Crippen LogP contribution in [0.15, 0.2) is 0 Å². The summed E-state index contributed by atoms with van der Waals surface area (Å²) in [6, 6.07) is 0.749. The van der Waals surface area contributed by atoms with Crippen LogP contribution >= 0.6 is 0 Å². The van der Waals surface area contributed by atoms with Crippen LogP contribution in [0, 0.1) is 0 Å². The highest BCUT2D eigenvalue weighted by atomic mass is 16.5. The number of nitrogens with zero attached hydrogens (tertiary/aromatic N) is 1. The maximum Gasteiger partial charge on any atom is 0.325 e. The van der Waals surface area contributed by atoms with Crippen molar-refractivity contribution >= 4 is 5.97 Å². The van der Waals surface area contributed by atoms with Gasteiger partial charge in [0.05, 0.1) is 7.11 Å². The second-order valence-corrected chi connectivity index (χ2v) is 5.60. The Balaban J connectivity index is 4.64. The molecule has 0 spiro atoms. The second-order valence-electron chi connectivity index (χ2n) is 5.60. The Morgan fingerprint density at radius 1 is 1.33 bits per heavy atom. The molecule has 0 aliphatic heterocycles. The van der Waals surface area contributed by atoms with Gasteiger partial charge in [-0.15, -0.1) is 0 Å². The maximum absolute atomic E-state index is 11.9. The average molecular weight is 258 g/mol. The predicted octanol–water partition coefficient (Wildman–Crippen LogP) is 2.04. The Labute approximate surface area is 112 Å². The van der Waals surface area contributed by atoms with Crippen LogP contribution in [-0.4, -0.2) is 48.7 Å². The Morgan fingerprint density at radius 2 is 1.89 bits per heavy atom. The van der Waals surface area contributed by atoms with Gasteiger partial charge in [0, 0.05) is 18.6 Å². The molecule has 1 N–H and O–H groups in total. The van der Waals surface area contributed by atoms with Crippen molar-refractivity contribution in [1.29, 1.82) is 0 Å². The summed E-state index contributed by atoms with van der Waals surface area (Å²) in [6.45, 7) is 14.4. The van der Waals surface area contributed by atoms with Crippen LogP contribution in [0.5, 0.6) is 0 Å². The third-order valence-electron chi connectivity index (χ3n) is 3.28. The fourth-order valence-corrected chi connectivity index (χ4v) is 2.24. The first-order valence-electron chi connectivity index (χ1n) is 6.87. The molecule has 1 atom stereocenters. The maximum atomic E-state index is 11.9. The van der Waals surface area contributed by atoms with Gasteiger partial charge in [-0.3, -0.25) is 10.1 Å². The molecule has 0 aromatic carbocycles. The van der Waals surface area contributed by atoms with Crippen molar-refractivity contribution in [2.75, 3.05) is 20.2 Å². The molecule has 18 heavy (non-hydrogen) atoms. The van der Waals surface area contributed by atoms with E-state index in [4.69, 9.17) is 4.74 Å². The quantitative estimate of drug-likeness (QED) is 0.677. The molecule has 0 fully saturated rings. The van der Waals surface area contributed by atoms with E-state index in [1.165, 1.54) is 7.11 Å². The zero-order valence-corrected chi connectivity index (χ0v) is 13.0. The van der Waals surface area contributed by atoms with E-state index in [0.717, 1.165) is 19.5 Å². The molecule has 1 unspecified atom stereocenters. The van der Waals surface area contributed by atoms with E-state index < -0.39 is 5.54 Å². The number of carbonyl (C=O) groups excluding carboxylic acids is 1. The summed E-state index contributed by atoms with van der Waals surface area (Å²) in [5.41, 5.74) is -0.606. The van der Waals surface area contributed by atoms with E-state index in [0.29, 0.717) is 6.04 Å². The van der Waals surface area contributed by atoms with E-state index >= 15 is 0 Å². The van der Waals surface area contributed by atoms with Crippen LogP contribution in [0.4, 0.5) is 0 Å². The van der Waals surface area contributed by atoms with E-state index in [1.807, 2.05) is 20.8 Å². The van der Waals surface area contributed by atoms with Gasteiger partial charge in [-0.2, -0.15) is 0 Å². The van der Waals surface area contributed by atoms with Gasteiger partial charge in [0.15, 0.2) is 0 Å². The van der Waals surface area contributed by atoms with Crippen molar-refractivity contribution in [3.05, 3.63) is 0 Å². The van der Waals surface area contributed by atoms with E-state index in [1.54, 1.807) is 0 Å². The molecule has 0 aliphatic rings. The average Bonchev–Trinajstić information content (AvgIpc) is 2.27. The highest BCUT2D eigenvalue weighted by molar-refractivity contribution is 5.80. The summed E-state index contributed by atoms with van der Waals surface area (Å²) in [4.78, 5) is 14.3. The summed E-state index contributed by atoms with van der Waals surface area (Å²) < 4.78 is 4.92. The molecule has 0 aliphatic carbocycles. The Morgan fingerprint density at radius 3 is 2.22 bits per heavy atom. The summed E-state index contributed by atoms with van der Waals surface area (Å²) in [5.74, 6) is -0.184. The van der Waals surface area contributed by atoms with Gasteiger partial charge in [0.25, 0.3) is 0 Å². The number of ether oxygens (including phenoxy) is 1. The molecular formula is C14H30N2O2. The first kappa shape index (κ1) is 17.4.